The Kier molecular flexibility index (Phi) is 4.16. The zero-order valence-corrected chi connectivity index (χ0v) is 11.5. The number of hydrogen-bond donors (Lipinski definition) is 0. The quantitative estimate of drug-likeness (QED) is 0.623. The maximum atomic E-state index is 12.1. The lowest BCUT2D eigenvalue weighted by Crippen LogP contribution is -2.28. The fraction of sp³-hybridized carbons (Fsp3) is 0.286. The number of halogens is 1. The van der Waals surface area contributed by atoms with E-state index in [1.54, 1.807) is 11.0 Å². The highest BCUT2D eigenvalue weighted by atomic mass is 79.9. The van der Waals surface area contributed by atoms with E-state index in [2.05, 4.69) is 15.9 Å². The van der Waals surface area contributed by atoms with Crippen LogP contribution < -0.4 is 0 Å². The third kappa shape index (κ3) is 2.99. The topological polar surface area (TPSA) is 44.1 Å². The molecule has 0 aliphatic carbocycles. The summed E-state index contributed by atoms with van der Waals surface area (Å²) in [5.41, 5.74) is 1.07. The molecule has 1 heterocycles. The number of hydrogen-bond acceptors (Lipinski definition) is 2. The Morgan fingerprint density at radius 1 is 1.28 bits per heavy atom. The first kappa shape index (κ1) is 12.8. The molecule has 1 amide bonds. The minimum Gasteiger partial charge on any atom is -0.338 e. The number of carbonyl (C=O) groups is 1. The van der Waals surface area contributed by atoms with E-state index in [0.717, 1.165) is 36.0 Å². The number of benzene rings is 1. The first-order chi connectivity index (χ1) is 8.70. The van der Waals surface area contributed by atoms with Gasteiger partial charge in [-0.2, -0.15) is 5.26 Å². The molecule has 1 aliphatic heterocycles. The van der Waals surface area contributed by atoms with Crippen molar-refractivity contribution < 1.29 is 4.79 Å². The summed E-state index contributed by atoms with van der Waals surface area (Å²) in [4.78, 5) is 13.8. The van der Waals surface area contributed by atoms with Crippen molar-refractivity contribution >= 4 is 27.9 Å². The van der Waals surface area contributed by atoms with E-state index in [-0.39, 0.29) is 11.5 Å². The Bertz CT molecular complexity index is 508. The molecule has 1 aliphatic rings. The molecule has 3 nitrogen and oxygen atoms in total. The molecule has 18 heavy (non-hydrogen) atoms. The van der Waals surface area contributed by atoms with Crippen LogP contribution in [-0.2, 0) is 4.79 Å². The molecule has 4 heteroatoms. The van der Waals surface area contributed by atoms with Crippen molar-refractivity contribution in [1.29, 1.82) is 5.26 Å². The molecule has 0 saturated carbocycles. The standard InChI is InChI=1S/C14H13BrN2O/c15-13-5-3-11(4-6-13)9-12(10-16)14(18)17-7-1-2-8-17/h3-6,9H,1-2,7-8H2. The van der Waals surface area contributed by atoms with Gasteiger partial charge in [-0.25, -0.2) is 0 Å². The molecule has 92 valence electrons. The zero-order chi connectivity index (χ0) is 13.0. The molecule has 1 saturated heterocycles. The predicted octanol–water partition coefficient (Wildman–Crippen LogP) is 2.98. The Hall–Kier alpha value is -1.60. The average molecular weight is 305 g/mol. The molecular weight excluding hydrogens is 292 g/mol. The maximum Gasteiger partial charge on any atom is 0.264 e. The number of carbonyl (C=O) groups excluding carboxylic acids is 1. The second kappa shape index (κ2) is 5.83. The van der Waals surface area contributed by atoms with Crippen molar-refractivity contribution in [3.63, 3.8) is 0 Å². The summed E-state index contributed by atoms with van der Waals surface area (Å²) in [6.45, 7) is 1.52. The predicted molar refractivity (Wildman–Crippen MR) is 73.5 cm³/mol. The van der Waals surface area contributed by atoms with E-state index in [0.29, 0.717) is 0 Å². The molecule has 0 N–H and O–H groups in total. The summed E-state index contributed by atoms with van der Waals surface area (Å²) in [6, 6.07) is 9.53. The van der Waals surface area contributed by atoms with Gasteiger partial charge in [0.2, 0.25) is 0 Å². The van der Waals surface area contributed by atoms with Crippen molar-refractivity contribution in [1.82, 2.24) is 4.90 Å². The van der Waals surface area contributed by atoms with E-state index < -0.39 is 0 Å². The number of amides is 1. The van der Waals surface area contributed by atoms with E-state index in [1.807, 2.05) is 30.3 Å². The van der Waals surface area contributed by atoms with Crippen LogP contribution in [0.25, 0.3) is 6.08 Å². The number of rotatable bonds is 2. The van der Waals surface area contributed by atoms with Gasteiger partial charge in [0.1, 0.15) is 11.6 Å². The molecule has 0 bridgehead atoms. The maximum absolute atomic E-state index is 12.1. The molecule has 0 atom stereocenters. The molecule has 2 rings (SSSR count). The molecule has 0 unspecified atom stereocenters. The summed E-state index contributed by atoms with van der Waals surface area (Å²) in [6.07, 6.45) is 3.71. The summed E-state index contributed by atoms with van der Waals surface area (Å²) >= 11 is 3.35. The smallest absolute Gasteiger partial charge is 0.264 e. The number of nitriles is 1. The third-order valence-electron chi connectivity index (χ3n) is 2.93. The lowest BCUT2D eigenvalue weighted by molar-refractivity contribution is -0.125. The van der Waals surface area contributed by atoms with Crippen molar-refractivity contribution in [2.45, 2.75) is 12.8 Å². The number of nitrogens with zero attached hydrogens (tertiary/aromatic N) is 2. The van der Waals surface area contributed by atoms with Crippen molar-refractivity contribution in [3.8, 4) is 6.07 Å². The SMILES string of the molecule is N#CC(=Cc1ccc(Br)cc1)C(=O)N1CCCC1. The normalized spacial score (nSPS) is 15.6. The second-order valence-corrected chi connectivity index (χ2v) is 5.14. The van der Waals surface area contributed by atoms with E-state index in [1.165, 1.54) is 0 Å². The second-order valence-electron chi connectivity index (χ2n) is 4.22. The lowest BCUT2D eigenvalue weighted by Gasteiger charge is -2.13. The zero-order valence-electron chi connectivity index (χ0n) is 9.90. The van der Waals surface area contributed by atoms with E-state index in [9.17, 15) is 4.79 Å². The Labute approximate surface area is 115 Å². The van der Waals surface area contributed by atoms with Gasteiger partial charge in [-0.3, -0.25) is 4.79 Å². The van der Waals surface area contributed by atoms with Gasteiger partial charge in [-0.1, -0.05) is 28.1 Å². The minimum absolute atomic E-state index is 0.155. The molecule has 1 aromatic carbocycles. The fourth-order valence-electron chi connectivity index (χ4n) is 1.96. The van der Waals surface area contributed by atoms with Crippen molar-refractivity contribution in [2.24, 2.45) is 0 Å². The van der Waals surface area contributed by atoms with Gasteiger partial charge in [0.15, 0.2) is 0 Å². The van der Waals surface area contributed by atoms with Crippen molar-refractivity contribution in [2.75, 3.05) is 13.1 Å². The summed E-state index contributed by atoms with van der Waals surface area (Å²) in [5.74, 6) is -0.155. The van der Waals surface area contributed by atoms with Crippen molar-refractivity contribution in [3.05, 3.63) is 39.9 Å². The molecule has 0 aromatic heterocycles. The first-order valence-electron chi connectivity index (χ1n) is 5.87. The molecule has 1 aromatic rings. The van der Waals surface area contributed by atoms with Crippen LogP contribution >= 0.6 is 15.9 Å². The highest BCUT2D eigenvalue weighted by molar-refractivity contribution is 9.10. The van der Waals surface area contributed by atoms with Crippen LogP contribution in [-0.4, -0.2) is 23.9 Å². The fourth-order valence-corrected chi connectivity index (χ4v) is 2.22. The first-order valence-corrected chi connectivity index (χ1v) is 6.66. The molecule has 1 fully saturated rings. The Morgan fingerprint density at radius 3 is 2.44 bits per heavy atom. The van der Waals surface area contributed by atoms with Crippen LogP contribution in [0.4, 0.5) is 0 Å². The number of likely N-dealkylation sites (tertiary alicyclic amines) is 1. The van der Waals surface area contributed by atoms with Gasteiger partial charge >= 0.3 is 0 Å². The highest BCUT2D eigenvalue weighted by Crippen LogP contribution is 2.16. The van der Waals surface area contributed by atoms with Crippen LogP contribution in [0.3, 0.4) is 0 Å². The lowest BCUT2D eigenvalue weighted by atomic mass is 10.1. The van der Waals surface area contributed by atoms with E-state index in [4.69, 9.17) is 5.26 Å². The van der Waals surface area contributed by atoms with Gasteiger partial charge in [0.25, 0.3) is 5.91 Å². The van der Waals surface area contributed by atoms with Crippen LogP contribution in [0.15, 0.2) is 34.3 Å². The summed E-state index contributed by atoms with van der Waals surface area (Å²) in [5, 5.41) is 9.10. The minimum atomic E-state index is -0.155. The highest BCUT2D eigenvalue weighted by Gasteiger charge is 2.21. The third-order valence-corrected chi connectivity index (χ3v) is 3.45. The van der Waals surface area contributed by atoms with Gasteiger partial charge < -0.3 is 4.90 Å². The molecule has 0 spiro atoms. The van der Waals surface area contributed by atoms with E-state index >= 15 is 0 Å². The van der Waals surface area contributed by atoms with Gasteiger partial charge in [0, 0.05) is 17.6 Å². The monoisotopic (exact) mass is 304 g/mol. The van der Waals surface area contributed by atoms with Gasteiger partial charge in [-0.05, 0) is 36.6 Å². The molecular formula is C14H13BrN2O. The summed E-state index contributed by atoms with van der Waals surface area (Å²) in [7, 11) is 0. The van der Waals surface area contributed by atoms with Crippen LogP contribution in [0.1, 0.15) is 18.4 Å². The molecule has 0 radical (unpaired) electrons. The van der Waals surface area contributed by atoms with Gasteiger partial charge in [-0.15, -0.1) is 0 Å². The average Bonchev–Trinajstić information content (AvgIpc) is 2.91. The van der Waals surface area contributed by atoms with Gasteiger partial charge in [0.05, 0.1) is 0 Å². The van der Waals surface area contributed by atoms with Crippen LogP contribution in [0.5, 0.6) is 0 Å². The largest absolute Gasteiger partial charge is 0.338 e. The van der Waals surface area contributed by atoms with Crippen LogP contribution in [0.2, 0.25) is 0 Å². The Morgan fingerprint density at radius 2 is 1.89 bits per heavy atom. The van der Waals surface area contributed by atoms with Crippen LogP contribution in [0, 0.1) is 11.3 Å². The Balaban J connectivity index is 2.20. The summed E-state index contributed by atoms with van der Waals surface area (Å²) < 4.78 is 0.976.